The van der Waals surface area contributed by atoms with E-state index in [2.05, 4.69) is 0 Å². The van der Waals surface area contributed by atoms with Gasteiger partial charge in [0.15, 0.2) is 5.75 Å². The van der Waals surface area contributed by atoms with E-state index in [0.717, 1.165) is 5.56 Å². The van der Waals surface area contributed by atoms with E-state index in [1.54, 1.807) is 0 Å². The van der Waals surface area contributed by atoms with Gasteiger partial charge in [-0.3, -0.25) is 14.9 Å². The van der Waals surface area contributed by atoms with E-state index < -0.39 is 23.6 Å². The van der Waals surface area contributed by atoms with Gasteiger partial charge in [0.2, 0.25) is 6.10 Å². The maximum Gasteiger partial charge on any atom is 0.273 e. The third-order valence-corrected chi connectivity index (χ3v) is 3.58. The summed E-state index contributed by atoms with van der Waals surface area (Å²) in [5, 5.41) is 10.9. The lowest BCUT2D eigenvalue weighted by Crippen LogP contribution is -2.46. The number of rotatable bonds is 4. The zero-order valence-electron chi connectivity index (χ0n) is 12.0. The fourth-order valence-electron chi connectivity index (χ4n) is 2.46. The van der Waals surface area contributed by atoms with E-state index in [1.807, 2.05) is 30.3 Å². The molecule has 0 N–H and O–H groups in total. The molecule has 3 rings (SSSR count). The van der Waals surface area contributed by atoms with Crippen LogP contribution in [0.25, 0.3) is 0 Å². The van der Waals surface area contributed by atoms with E-state index in [1.165, 1.54) is 23.1 Å². The monoisotopic (exact) mass is 316 g/mol. The first-order valence-electron chi connectivity index (χ1n) is 6.96. The Labute approximate surface area is 131 Å². The molecule has 0 aromatic heterocycles. The molecule has 0 spiro atoms. The van der Waals surface area contributed by atoms with E-state index in [0.29, 0.717) is 5.69 Å². The number of alkyl halides is 1. The number of anilines is 1. The molecule has 0 saturated heterocycles. The summed E-state index contributed by atoms with van der Waals surface area (Å²) in [7, 11) is 0. The van der Waals surface area contributed by atoms with Crippen LogP contribution in [0.15, 0.2) is 48.5 Å². The number of carbonyl (C=O) groups excluding carboxylic acids is 1. The molecule has 1 unspecified atom stereocenters. The topological polar surface area (TPSA) is 72.7 Å². The van der Waals surface area contributed by atoms with E-state index in [9.17, 15) is 19.3 Å². The van der Waals surface area contributed by atoms with Crippen LogP contribution in [0.1, 0.15) is 5.56 Å². The van der Waals surface area contributed by atoms with Gasteiger partial charge in [0.1, 0.15) is 6.67 Å². The lowest BCUT2D eigenvalue weighted by atomic mass is 10.1. The Morgan fingerprint density at radius 3 is 2.61 bits per heavy atom. The van der Waals surface area contributed by atoms with Crippen molar-refractivity contribution in [2.45, 2.75) is 12.6 Å². The van der Waals surface area contributed by atoms with Crippen LogP contribution in [-0.4, -0.2) is 23.6 Å². The van der Waals surface area contributed by atoms with Crippen molar-refractivity contribution in [1.82, 2.24) is 0 Å². The van der Waals surface area contributed by atoms with E-state index in [-0.39, 0.29) is 18.0 Å². The van der Waals surface area contributed by atoms with Gasteiger partial charge in [-0.15, -0.1) is 0 Å². The Morgan fingerprint density at radius 2 is 1.96 bits per heavy atom. The third-order valence-electron chi connectivity index (χ3n) is 3.58. The van der Waals surface area contributed by atoms with Crippen molar-refractivity contribution in [3.63, 3.8) is 0 Å². The molecule has 1 atom stereocenters. The largest absolute Gasteiger partial charge is 0.475 e. The van der Waals surface area contributed by atoms with Crippen molar-refractivity contribution >= 4 is 17.3 Å². The van der Waals surface area contributed by atoms with Crippen molar-refractivity contribution in [2.24, 2.45) is 0 Å². The number of benzene rings is 2. The number of carbonyl (C=O) groups is 1. The Kier molecular flexibility index (Phi) is 3.92. The van der Waals surface area contributed by atoms with Crippen LogP contribution >= 0.6 is 0 Å². The molecule has 23 heavy (non-hydrogen) atoms. The van der Waals surface area contributed by atoms with Gasteiger partial charge in [-0.1, -0.05) is 30.3 Å². The minimum Gasteiger partial charge on any atom is -0.475 e. The van der Waals surface area contributed by atoms with Gasteiger partial charge in [0.25, 0.3) is 11.6 Å². The van der Waals surface area contributed by atoms with Gasteiger partial charge in [-0.25, -0.2) is 4.39 Å². The smallest absolute Gasteiger partial charge is 0.273 e. The summed E-state index contributed by atoms with van der Waals surface area (Å²) >= 11 is 0. The minimum atomic E-state index is -1.28. The summed E-state index contributed by atoms with van der Waals surface area (Å²) in [6, 6.07) is 13.2. The maximum atomic E-state index is 13.1. The second-order valence-corrected chi connectivity index (χ2v) is 5.08. The number of non-ortho nitro benzene ring substituents is 1. The molecule has 0 bridgehead atoms. The number of hydrogen-bond acceptors (Lipinski definition) is 4. The Bertz CT molecular complexity index is 751. The molecule has 1 aliphatic rings. The van der Waals surface area contributed by atoms with Crippen molar-refractivity contribution in [2.75, 3.05) is 11.6 Å². The molecule has 0 fully saturated rings. The normalized spacial score (nSPS) is 16.7. The Hall–Kier alpha value is -2.96. The van der Waals surface area contributed by atoms with Gasteiger partial charge >= 0.3 is 0 Å². The quantitative estimate of drug-likeness (QED) is 0.642. The molecule has 0 saturated carbocycles. The summed E-state index contributed by atoms with van der Waals surface area (Å²) in [4.78, 5) is 24.1. The highest BCUT2D eigenvalue weighted by molar-refractivity contribution is 6.00. The fourth-order valence-corrected chi connectivity index (χ4v) is 2.46. The van der Waals surface area contributed by atoms with E-state index in [4.69, 9.17) is 4.74 Å². The van der Waals surface area contributed by atoms with Crippen LogP contribution < -0.4 is 9.64 Å². The first kappa shape index (κ1) is 15.0. The van der Waals surface area contributed by atoms with Gasteiger partial charge < -0.3 is 9.64 Å². The lowest BCUT2D eigenvalue weighted by Gasteiger charge is -2.33. The molecule has 118 valence electrons. The molecule has 1 heterocycles. The molecule has 1 aliphatic heterocycles. The molecule has 7 heteroatoms. The van der Waals surface area contributed by atoms with Crippen molar-refractivity contribution in [1.29, 1.82) is 0 Å². The van der Waals surface area contributed by atoms with Crippen LogP contribution in [0, 0.1) is 10.1 Å². The highest BCUT2D eigenvalue weighted by atomic mass is 19.1. The molecule has 2 aromatic rings. The molecule has 2 aromatic carbocycles. The average molecular weight is 316 g/mol. The second kappa shape index (κ2) is 6.04. The summed E-state index contributed by atoms with van der Waals surface area (Å²) in [5.41, 5.74) is 1.09. The van der Waals surface area contributed by atoms with Crippen LogP contribution in [0.2, 0.25) is 0 Å². The number of nitrogens with zero attached hydrogens (tertiary/aromatic N) is 2. The fraction of sp³-hybridized carbons (Fsp3) is 0.188. The van der Waals surface area contributed by atoms with Gasteiger partial charge in [0.05, 0.1) is 23.2 Å². The summed E-state index contributed by atoms with van der Waals surface area (Å²) in [6.07, 6.45) is -1.28. The van der Waals surface area contributed by atoms with E-state index >= 15 is 0 Å². The first-order chi connectivity index (χ1) is 11.1. The molecule has 1 amide bonds. The zero-order chi connectivity index (χ0) is 16.4. The Morgan fingerprint density at radius 1 is 1.22 bits per heavy atom. The number of hydrogen-bond donors (Lipinski definition) is 0. The third kappa shape index (κ3) is 2.85. The highest BCUT2D eigenvalue weighted by Crippen LogP contribution is 2.37. The SMILES string of the molecule is O=C1C(CF)Oc2cc([N+](=O)[O-])ccc2N1Cc1ccccc1. The molecule has 0 radical (unpaired) electrons. The number of halogens is 1. The standard InChI is InChI=1S/C16H13FN2O4/c17-9-15-16(20)18(10-11-4-2-1-3-5-11)13-7-6-12(19(21)22)8-14(13)23-15/h1-8,15H,9-10H2. The zero-order valence-corrected chi connectivity index (χ0v) is 12.0. The number of fused-ring (bicyclic) bond motifs is 1. The van der Waals surface area contributed by atoms with Crippen molar-refractivity contribution in [3.8, 4) is 5.75 Å². The second-order valence-electron chi connectivity index (χ2n) is 5.08. The first-order valence-corrected chi connectivity index (χ1v) is 6.96. The lowest BCUT2D eigenvalue weighted by molar-refractivity contribution is -0.384. The Balaban J connectivity index is 2.01. The van der Waals surface area contributed by atoms with Crippen LogP contribution in [-0.2, 0) is 11.3 Å². The van der Waals surface area contributed by atoms with Crippen LogP contribution in [0.4, 0.5) is 15.8 Å². The van der Waals surface area contributed by atoms with Gasteiger partial charge in [0, 0.05) is 6.07 Å². The van der Waals surface area contributed by atoms with Gasteiger partial charge in [-0.2, -0.15) is 0 Å². The molecular formula is C16H13FN2O4. The number of amides is 1. The molecule has 0 aliphatic carbocycles. The van der Waals surface area contributed by atoms with Gasteiger partial charge in [-0.05, 0) is 11.6 Å². The highest BCUT2D eigenvalue weighted by Gasteiger charge is 2.35. The predicted octanol–water partition coefficient (Wildman–Crippen LogP) is 2.86. The maximum absolute atomic E-state index is 13.1. The average Bonchev–Trinajstić information content (AvgIpc) is 2.57. The summed E-state index contributed by atoms with van der Waals surface area (Å²) in [6.45, 7) is -0.753. The number of nitro groups is 1. The minimum absolute atomic E-state index is 0.136. The van der Waals surface area contributed by atoms with Crippen molar-refractivity contribution in [3.05, 3.63) is 64.2 Å². The molecular weight excluding hydrogens is 303 g/mol. The molecule has 6 nitrogen and oxygen atoms in total. The van der Waals surface area contributed by atoms with Crippen LogP contribution in [0.5, 0.6) is 5.75 Å². The number of nitro benzene ring substituents is 1. The summed E-state index contributed by atoms with van der Waals surface area (Å²) in [5.74, 6) is -0.366. The predicted molar refractivity (Wildman–Crippen MR) is 81.1 cm³/mol. The van der Waals surface area contributed by atoms with Crippen molar-refractivity contribution < 1.29 is 18.8 Å². The number of ether oxygens (including phenoxy) is 1. The van der Waals surface area contributed by atoms with Crippen LogP contribution in [0.3, 0.4) is 0 Å². The summed E-state index contributed by atoms with van der Waals surface area (Å²) < 4.78 is 18.4.